The third-order valence-corrected chi connectivity index (χ3v) is 13.4. The van der Waals surface area contributed by atoms with Crippen LogP contribution in [0.1, 0.15) is 311 Å². The Morgan fingerprint density at radius 2 is 0.463 bits per heavy atom. The van der Waals surface area contributed by atoms with Crippen molar-refractivity contribution < 1.29 is 69.9 Å². The van der Waals surface area contributed by atoms with Crippen LogP contribution in [0.25, 0.3) is 0 Å². The van der Waals surface area contributed by atoms with Crippen molar-refractivity contribution in [3.63, 3.8) is 0 Å². The predicted molar refractivity (Wildman–Crippen MR) is 335 cm³/mol. The summed E-state index contributed by atoms with van der Waals surface area (Å²) in [4.78, 5) is 51.2. The van der Waals surface area contributed by atoms with Crippen LogP contribution in [0.15, 0.2) is 60.7 Å². The van der Waals surface area contributed by atoms with Gasteiger partial charge in [-0.3, -0.25) is 24.0 Å². The average Bonchev–Trinajstić information content (AvgIpc) is 3.52. The van der Waals surface area contributed by atoms with E-state index in [1.807, 2.05) is 0 Å². The van der Waals surface area contributed by atoms with Gasteiger partial charge in [0.05, 0.1) is 0 Å². The molecule has 0 bridgehead atoms. The normalized spacial score (nSPS) is 10.8. The minimum Gasteiger partial charge on any atom is -0.504 e. The summed E-state index contributed by atoms with van der Waals surface area (Å²) in [6.45, 7) is 6.78. The summed E-state index contributed by atoms with van der Waals surface area (Å²) in [7, 11) is 0. The van der Waals surface area contributed by atoms with Crippen LogP contribution in [0, 0.1) is 0 Å². The molecule has 0 aliphatic carbocycles. The van der Waals surface area contributed by atoms with Gasteiger partial charge in [0.15, 0.2) is 34.5 Å². The van der Waals surface area contributed by atoms with Crippen molar-refractivity contribution in [1.29, 1.82) is 0 Å². The summed E-state index contributed by atoms with van der Waals surface area (Å²) < 4.78 is 0. The molecule has 0 saturated carbocycles. The first-order valence-electron chi connectivity index (χ1n) is 31.6. The highest BCUT2D eigenvalue weighted by Gasteiger charge is 2.08. The van der Waals surface area contributed by atoms with Crippen molar-refractivity contribution in [2.45, 2.75) is 290 Å². The lowest BCUT2D eigenvalue weighted by Gasteiger charge is -1.99. The van der Waals surface area contributed by atoms with Gasteiger partial charge in [-0.1, -0.05) is 211 Å². The maximum Gasteiger partial charge on any atom is 0.303 e. The third-order valence-electron chi connectivity index (χ3n) is 13.4. The Morgan fingerprint density at radius 3 is 0.634 bits per heavy atom. The SMILES string of the molecule is CCCCCCCCC=CCCCCCCCC(=O)O.CCCCCCCCC=CCCCCCCCC(=O)O.CCCCCCCCC=CCCCCCCCC(=O)O.O=Cc1cc(O)c(O)c(O)c1.O=Cc1cc(O)c(O)c(O)c1. The number of carboxylic acid groups (broad SMARTS) is 3. The van der Waals surface area contributed by atoms with E-state index in [0.29, 0.717) is 31.8 Å². The highest BCUT2D eigenvalue weighted by atomic mass is 16.4. The van der Waals surface area contributed by atoms with Crippen LogP contribution in [0.4, 0.5) is 0 Å². The van der Waals surface area contributed by atoms with Crippen LogP contribution in [0.2, 0.25) is 0 Å². The summed E-state index contributed by atoms with van der Waals surface area (Å²) in [6, 6.07) is 4.23. The Morgan fingerprint density at radius 1 is 0.293 bits per heavy atom. The van der Waals surface area contributed by atoms with E-state index in [0.717, 1.165) is 62.8 Å². The molecule has 2 aromatic carbocycles. The molecule has 470 valence electrons. The number of unbranched alkanes of at least 4 members (excludes halogenated alkanes) is 33. The molecule has 2 rings (SSSR count). The molecular weight excluding hydrogens is 1040 g/mol. The first-order valence-corrected chi connectivity index (χ1v) is 31.6. The molecule has 14 nitrogen and oxygen atoms in total. The van der Waals surface area contributed by atoms with Gasteiger partial charge in [0.25, 0.3) is 0 Å². The van der Waals surface area contributed by atoms with Gasteiger partial charge in [0.1, 0.15) is 12.6 Å². The van der Waals surface area contributed by atoms with Gasteiger partial charge < -0.3 is 46.0 Å². The van der Waals surface area contributed by atoms with E-state index in [-0.39, 0.29) is 11.1 Å². The van der Waals surface area contributed by atoms with Gasteiger partial charge in [0.2, 0.25) is 0 Å². The Labute approximate surface area is 495 Å². The number of carbonyl (C=O) groups excluding carboxylic acids is 2. The Hall–Kier alpha value is -5.79. The van der Waals surface area contributed by atoms with Gasteiger partial charge in [-0.25, -0.2) is 0 Å². The second-order valence-electron chi connectivity index (χ2n) is 21.2. The summed E-state index contributed by atoms with van der Waals surface area (Å²) in [6.07, 6.45) is 64.6. The van der Waals surface area contributed by atoms with Gasteiger partial charge in [-0.2, -0.15) is 0 Å². The van der Waals surface area contributed by atoms with E-state index in [2.05, 4.69) is 57.2 Å². The van der Waals surface area contributed by atoms with Crippen molar-refractivity contribution in [2.24, 2.45) is 0 Å². The monoisotopic (exact) mass is 1150 g/mol. The number of hydrogen-bond donors (Lipinski definition) is 9. The molecule has 82 heavy (non-hydrogen) atoms. The van der Waals surface area contributed by atoms with Gasteiger partial charge in [0, 0.05) is 30.4 Å². The van der Waals surface area contributed by atoms with E-state index < -0.39 is 52.4 Å². The molecule has 0 atom stereocenters. The fourth-order valence-corrected chi connectivity index (χ4v) is 8.43. The lowest BCUT2D eigenvalue weighted by atomic mass is 10.1. The van der Waals surface area contributed by atoms with Crippen LogP contribution in [-0.2, 0) is 14.4 Å². The molecule has 9 N–H and O–H groups in total. The van der Waals surface area contributed by atoms with E-state index in [1.165, 1.54) is 212 Å². The second kappa shape index (κ2) is 62.8. The van der Waals surface area contributed by atoms with E-state index in [9.17, 15) is 24.0 Å². The molecule has 0 fully saturated rings. The number of phenols is 6. The van der Waals surface area contributed by atoms with Crippen molar-refractivity contribution >= 4 is 30.5 Å². The molecule has 0 aromatic heterocycles. The van der Waals surface area contributed by atoms with Gasteiger partial charge >= 0.3 is 17.9 Å². The zero-order valence-electron chi connectivity index (χ0n) is 51.2. The molecule has 0 amide bonds. The van der Waals surface area contributed by atoms with Crippen molar-refractivity contribution in [1.82, 2.24) is 0 Å². The smallest absolute Gasteiger partial charge is 0.303 e. The Kier molecular flexibility index (Phi) is 61.6. The number of aromatic hydroxyl groups is 6. The number of phenolic OH excluding ortho intramolecular Hbond substituents is 6. The predicted octanol–water partition coefficient (Wildman–Crippen LogP) is 19.6. The first-order chi connectivity index (χ1) is 39.6. The fraction of sp³-hybridized carbons (Fsp3) is 0.662. The molecule has 0 unspecified atom stereocenters. The van der Waals surface area contributed by atoms with Crippen molar-refractivity contribution in [2.75, 3.05) is 0 Å². The number of benzene rings is 2. The third kappa shape index (κ3) is 60.3. The average molecular weight is 1160 g/mol. The maximum atomic E-state index is 10.3. The van der Waals surface area contributed by atoms with Gasteiger partial charge in [-0.05, 0) is 121 Å². The highest BCUT2D eigenvalue weighted by molar-refractivity contribution is 5.78. The molecule has 0 spiro atoms. The second-order valence-corrected chi connectivity index (χ2v) is 21.2. The zero-order chi connectivity index (χ0) is 61.5. The van der Waals surface area contributed by atoms with E-state index >= 15 is 0 Å². The van der Waals surface area contributed by atoms with Crippen LogP contribution in [-0.4, -0.2) is 76.4 Å². The lowest BCUT2D eigenvalue weighted by molar-refractivity contribution is -0.138. The maximum absolute atomic E-state index is 10.3. The highest BCUT2D eigenvalue weighted by Crippen LogP contribution is 2.35. The number of aldehydes is 2. The molecule has 0 aliphatic rings. The van der Waals surface area contributed by atoms with E-state index in [4.69, 9.17) is 46.0 Å². The topological polar surface area (TPSA) is 267 Å². The minimum atomic E-state index is -0.664. The van der Waals surface area contributed by atoms with Crippen LogP contribution >= 0.6 is 0 Å². The van der Waals surface area contributed by atoms with Crippen LogP contribution < -0.4 is 0 Å². The largest absolute Gasteiger partial charge is 0.504 e. The quantitative estimate of drug-likeness (QED) is 0.0129. The lowest BCUT2D eigenvalue weighted by Crippen LogP contribution is -1.93. The molecule has 2 aromatic rings. The number of aliphatic carboxylic acids is 3. The number of rotatable bonds is 47. The minimum absolute atomic E-state index is 0.109. The van der Waals surface area contributed by atoms with Crippen molar-refractivity contribution in [3.05, 3.63) is 71.8 Å². The molecule has 0 aliphatic heterocycles. The number of allylic oxidation sites excluding steroid dienone is 6. The number of carbonyl (C=O) groups is 5. The standard InChI is InChI=1S/3C18H34O2.2C7H6O4/c3*1-2-3-4-5-6-7-8-9-10-11-12-13-14-15-16-17-18(19)20;2*8-3-4-1-5(9)7(11)6(10)2-4/h3*9-10H,2-8,11-17H2,1H3,(H,19,20);2*1-3,9-11H. The number of carboxylic acids is 3. The first kappa shape index (κ1) is 80.4. The molecule has 0 radical (unpaired) electrons. The van der Waals surface area contributed by atoms with Gasteiger partial charge in [-0.15, -0.1) is 0 Å². The molecular formula is C68H114O14. The summed E-state index contributed by atoms with van der Waals surface area (Å²) in [5.74, 6) is -5.25. The molecule has 0 heterocycles. The Balaban J connectivity index is -0.000000971. The summed E-state index contributed by atoms with van der Waals surface area (Å²) in [5, 5.41) is 78.5. The summed E-state index contributed by atoms with van der Waals surface area (Å²) in [5.41, 5.74) is 0.218. The fourth-order valence-electron chi connectivity index (χ4n) is 8.43. The van der Waals surface area contributed by atoms with Crippen LogP contribution in [0.3, 0.4) is 0 Å². The zero-order valence-corrected chi connectivity index (χ0v) is 51.2. The van der Waals surface area contributed by atoms with Crippen molar-refractivity contribution in [3.8, 4) is 34.5 Å². The van der Waals surface area contributed by atoms with Crippen LogP contribution in [0.5, 0.6) is 34.5 Å². The molecule has 0 saturated heterocycles. The Bertz CT molecular complexity index is 1700. The number of hydrogen-bond acceptors (Lipinski definition) is 11. The van der Waals surface area contributed by atoms with E-state index in [1.54, 1.807) is 0 Å². The summed E-state index contributed by atoms with van der Waals surface area (Å²) >= 11 is 0. The molecule has 14 heteroatoms.